The highest BCUT2D eigenvalue weighted by molar-refractivity contribution is 7.90. The summed E-state index contributed by atoms with van der Waals surface area (Å²) in [7, 11) is -3.53. The van der Waals surface area contributed by atoms with Crippen LogP contribution in [0.15, 0.2) is 11.4 Å². The highest BCUT2D eigenvalue weighted by atomic mass is 32.2. The molecule has 23 heavy (non-hydrogen) atoms. The molecular formula is C14H19N3O5S. The van der Waals surface area contributed by atoms with Crippen LogP contribution in [0.1, 0.15) is 43.2 Å². The molecule has 0 unspecified atom stereocenters. The zero-order valence-corrected chi connectivity index (χ0v) is 14.3. The van der Waals surface area contributed by atoms with Crippen LogP contribution in [0.25, 0.3) is 0 Å². The van der Waals surface area contributed by atoms with Crippen molar-refractivity contribution in [1.29, 1.82) is 0 Å². The van der Waals surface area contributed by atoms with E-state index in [9.17, 15) is 18.0 Å². The zero-order valence-electron chi connectivity index (χ0n) is 13.5. The van der Waals surface area contributed by atoms with Gasteiger partial charge in [0.2, 0.25) is 15.0 Å². The number of esters is 1. The molecule has 0 N–H and O–H groups in total. The molecule has 0 saturated heterocycles. The summed E-state index contributed by atoms with van der Waals surface area (Å²) in [6.07, 6.45) is 2.28. The van der Waals surface area contributed by atoms with Gasteiger partial charge in [-0.15, -0.1) is 0 Å². The first-order valence-corrected chi connectivity index (χ1v) is 8.93. The third-order valence-electron chi connectivity index (χ3n) is 3.04. The Labute approximate surface area is 134 Å². The van der Waals surface area contributed by atoms with Crippen LogP contribution in [0.5, 0.6) is 0 Å². The molecule has 1 aromatic rings. The number of hydrogen-bond donors (Lipinski definition) is 0. The lowest BCUT2D eigenvalue weighted by molar-refractivity contribution is -0.155. The van der Waals surface area contributed by atoms with E-state index in [1.165, 1.54) is 11.1 Å². The smallest absolute Gasteiger partial charge is 0.308 e. The molecule has 0 atom stereocenters. The number of ether oxygens (including phenoxy) is 1. The first-order valence-electron chi connectivity index (χ1n) is 7.04. The minimum Gasteiger partial charge on any atom is -0.460 e. The van der Waals surface area contributed by atoms with Crippen molar-refractivity contribution in [2.45, 2.75) is 44.5 Å². The number of nitrogens with zero attached hydrogens (tertiary/aromatic N) is 3. The Hall–Kier alpha value is -2.03. The highest BCUT2D eigenvalue weighted by Crippen LogP contribution is 2.21. The van der Waals surface area contributed by atoms with Gasteiger partial charge in [0.05, 0.1) is 24.2 Å². The molecule has 1 aliphatic heterocycles. The van der Waals surface area contributed by atoms with Crippen LogP contribution in [-0.2, 0) is 25.9 Å². The van der Waals surface area contributed by atoms with Crippen LogP contribution in [-0.4, -0.2) is 53.6 Å². The third-order valence-corrected chi connectivity index (χ3v) is 3.90. The SMILES string of the molecule is CC(C)(C)OC(=O)CCN1Cc2nc(S(C)(=O)=O)ncc2C1=O. The molecule has 2 rings (SSSR count). The molecule has 0 saturated carbocycles. The van der Waals surface area contributed by atoms with Crippen molar-refractivity contribution in [2.75, 3.05) is 12.8 Å². The average Bonchev–Trinajstić information content (AvgIpc) is 2.70. The average molecular weight is 341 g/mol. The summed E-state index contributed by atoms with van der Waals surface area (Å²) in [6, 6.07) is 0. The monoisotopic (exact) mass is 341 g/mol. The predicted octanol–water partition coefficient (Wildman–Crippen LogP) is 0.568. The zero-order chi connectivity index (χ0) is 17.4. The Morgan fingerprint density at radius 1 is 1.39 bits per heavy atom. The molecule has 0 aromatic carbocycles. The molecule has 8 nitrogen and oxygen atoms in total. The van der Waals surface area contributed by atoms with Crippen molar-refractivity contribution >= 4 is 21.7 Å². The summed E-state index contributed by atoms with van der Waals surface area (Å²) >= 11 is 0. The number of sulfone groups is 1. The van der Waals surface area contributed by atoms with E-state index < -0.39 is 21.4 Å². The first kappa shape index (κ1) is 17.3. The van der Waals surface area contributed by atoms with Crippen LogP contribution in [0, 0.1) is 0 Å². The molecule has 0 bridgehead atoms. The fourth-order valence-corrected chi connectivity index (χ4v) is 2.62. The molecule has 0 aliphatic carbocycles. The van der Waals surface area contributed by atoms with Crippen LogP contribution in [0.3, 0.4) is 0 Å². The Balaban J connectivity index is 2.05. The number of amides is 1. The van der Waals surface area contributed by atoms with E-state index in [4.69, 9.17) is 4.74 Å². The van der Waals surface area contributed by atoms with E-state index in [0.717, 1.165) is 6.26 Å². The van der Waals surface area contributed by atoms with Gasteiger partial charge in [0.15, 0.2) is 0 Å². The van der Waals surface area contributed by atoms with Gasteiger partial charge in [0.1, 0.15) is 5.60 Å². The van der Waals surface area contributed by atoms with Gasteiger partial charge in [-0.3, -0.25) is 9.59 Å². The molecule has 126 valence electrons. The van der Waals surface area contributed by atoms with Crippen LogP contribution < -0.4 is 0 Å². The Morgan fingerprint density at radius 2 is 2.04 bits per heavy atom. The van der Waals surface area contributed by atoms with Gasteiger partial charge in [-0.05, 0) is 20.8 Å². The largest absolute Gasteiger partial charge is 0.460 e. The van der Waals surface area contributed by atoms with Gasteiger partial charge in [-0.1, -0.05) is 0 Å². The minimum absolute atomic E-state index is 0.0589. The van der Waals surface area contributed by atoms with Crippen molar-refractivity contribution in [3.05, 3.63) is 17.5 Å². The summed E-state index contributed by atoms with van der Waals surface area (Å²) in [4.78, 5) is 33.0. The van der Waals surface area contributed by atoms with E-state index in [1.54, 1.807) is 20.8 Å². The van der Waals surface area contributed by atoms with E-state index >= 15 is 0 Å². The molecule has 0 radical (unpaired) electrons. The van der Waals surface area contributed by atoms with Crippen LogP contribution >= 0.6 is 0 Å². The topological polar surface area (TPSA) is 107 Å². The van der Waals surface area contributed by atoms with E-state index in [1.807, 2.05) is 0 Å². The minimum atomic E-state index is -3.53. The number of fused-ring (bicyclic) bond motifs is 1. The molecule has 2 heterocycles. The predicted molar refractivity (Wildman–Crippen MR) is 80.3 cm³/mol. The molecular weight excluding hydrogens is 322 g/mol. The van der Waals surface area contributed by atoms with Crippen molar-refractivity contribution in [3.8, 4) is 0 Å². The van der Waals surface area contributed by atoms with Crippen LogP contribution in [0.4, 0.5) is 0 Å². The quantitative estimate of drug-likeness (QED) is 0.582. The summed E-state index contributed by atoms with van der Waals surface area (Å²) in [5.74, 6) is -0.715. The Morgan fingerprint density at radius 3 is 2.61 bits per heavy atom. The van der Waals surface area contributed by atoms with Crippen LogP contribution in [0.2, 0.25) is 0 Å². The van der Waals surface area contributed by atoms with Gasteiger partial charge < -0.3 is 9.64 Å². The van der Waals surface area contributed by atoms with Crippen molar-refractivity contribution in [3.63, 3.8) is 0 Å². The Bertz CT molecular complexity index is 752. The van der Waals surface area contributed by atoms with E-state index in [2.05, 4.69) is 9.97 Å². The number of hydrogen-bond acceptors (Lipinski definition) is 7. The van der Waals surface area contributed by atoms with Gasteiger partial charge in [-0.25, -0.2) is 18.4 Å². The summed E-state index contributed by atoms with van der Waals surface area (Å²) in [5.41, 5.74) is 0.0430. The molecule has 1 aromatic heterocycles. The Kier molecular flexibility index (Phi) is 4.43. The number of carbonyl (C=O) groups excluding carboxylic acids is 2. The summed E-state index contributed by atoms with van der Waals surface area (Å²) in [5, 5.41) is -0.307. The number of aromatic nitrogens is 2. The second kappa shape index (κ2) is 5.88. The number of carbonyl (C=O) groups is 2. The van der Waals surface area contributed by atoms with E-state index in [-0.39, 0.29) is 36.1 Å². The molecule has 0 fully saturated rings. The maximum atomic E-state index is 12.2. The summed E-state index contributed by atoms with van der Waals surface area (Å²) in [6.45, 7) is 5.64. The fraction of sp³-hybridized carbons (Fsp3) is 0.571. The third kappa shape index (κ3) is 4.25. The molecule has 1 amide bonds. The van der Waals surface area contributed by atoms with E-state index in [0.29, 0.717) is 5.69 Å². The normalized spacial score (nSPS) is 14.8. The standard InChI is InChI=1S/C14H19N3O5S/c1-14(2,3)22-11(18)5-6-17-8-10-9(12(17)19)7-15-13(16-10)23(4,20)21/h7H,5-6,8H2,1-4H3. The molecule has 1 aliphatic rings. The maximum absolute atomic E-state index is 12.2. The lowest BCUT2D eigenvalue weighted by Gasteiger charge is -2.21. The van der Waals surface area contributed by atoms with Gasteiger partial charge in [0.25, 0.3) is 5.91 Å². The molecule has 0 spiro atoms. The van der Waals surface area contributed by atoms with Gasteiger partial charge >= 0.3 is 5.97 Å². The summed E-state index contributed by atoms with van der Waals surface area (Å²) < 4.78 is 28.1. The lowest BCUT2D eigenvalue weighted by Crippen LogP contribution is -2.30. The second-order valence-electron chi connectivity index (χ2n) is 6.35. The van der Waals surface area contributed by atoms with Gasteiger partial charge in [0, 0.05) is 19.0 Å². The van der Waals surface area contributed by atoms with Crippen molar-refractivity contribution in [1.82, 2.24) is 14.9 Å². The second-order valence-corrected chi connectivity index (χ2v) is 8.26. The molecule has 9 heteroatoms. The number of rotatable bonds is 4. The van der Waals surface area contributed by atoms with Crippen molar-refractivity contribution in [2.24, 2.45) is 0 Å². The maximum Gasteiger partial charge on any atom is 0.308 e. The lowest BCUT2D eigenvalue weighted by atomic mass is 10.2. The first-order chi connectivity index (χ1) is 10.5. The van der Waals surface area contributed by atoms with Crippen molar-refractivity contribution < 1.29 is 22.7 Å². The highest BCUT2D eigenvalue weighted by Gasteiger charge is 2.31. The van der Waals surface area contributed by atoms with Gasteiger partial charge in [-0.2, -0.15) is 0 Å². The fourth-order valence-electron chi connectivity index (χ4n) is 2.10.